The summed E-state index contributed by atoms with van der Waals surface area (Å²) < 4.78 is 64.9. The second-order valence-electron chi connectivity index (χ2n) is 9.31. The van der Waals surface area contributed by atoms with Crippen molar-refractivity contribution in [1.82, 2.24) is 10.3 Å². The molecule has 0 unspecified atom stereocenters. The molecule has 208 valence electrons. The molecule has 1 amide bonds. The van der Waals surface area contributed by atoms with Crippen LogP contribution in [0.4, 0.5) is 23.2 Å². The van der Waals surface area contributed by atoms with Gasteiger partial charge in [-0.15, -0.1) is 0 Å². The maximum Gasteiger partial charge on any atom is 0.387 e. The van der Waals surface area contributed by atoms with Crippen molar-refractivity contribution in [2.75, 3.05) is 25.7 Å². The van der Waals surface area contributed by atoms with Crippen molar-refractivity contribution in [1.29, 1.82) is 5.26 Å². The summed E-state index contributed by atoms with van der Waals surface area (Å²) in [6.07, 6.45) is 0. The lowest BCUT2D eigenvalue weighted by Gasteiger charge is -2.31. The van der Waals surface area contributed by atoms with Crippen LogP contribution < -0.4 is 19.8 Å². The number of anilines is 1. The van der Waals surface area contributed by atoms with E-state index in [0.29, 0.717) is 11.3 Å². The van der Waals surface area contributed by atoms with Gasteiger partial charge in [-0.3, -0.25) is 14.8 Å². The van der Waals surface area contributed by atoms with Crippen molar-refractivity contribution in [2.45, 2.75) is 26.4 Å². The van der Waals surface area contributed by atoms with Crippen LogP contribution in [0.2, 0.25) is 0 Å². The minimum absolute atomic E-state index is 0.00147. The van der Waals surface area contributed by atoms with Crippen LogP contribution >= 0.6 is 0 Å². The van der Waals surface area contributed by atoms with E-state index in [2.05, 4.69) is 16.1 Å². The quantitative estimate of drug-likeness (QED) is 0.343. The number of nitrogens with one attached hydrogen (secondary N) is 1. The zero-order valence-corrected chi connectivity index (χ0v) is 22.1. The summed E-state index contributed by atoms with van der Waals surface area (Å²) in [6, 6.07) is 14.5. The number of nitriles is 1. The van der Waals surface area contributed by atoms with E-state index < -0.39 is 24.2 Å². The lowest BCUT2D eigenvalue weighted by Crippen LogP contribution is -2.35. The normalized spacial score (nSPS) is 13.2. The fraction of sp³-hybridized carbons (Fsp3) is 0.241. The van der Waals surface area contributed by atoms with Crippen molar-refractivity contribution in [3.63, 3.8) is 0 Å². The van der Waals surface area contributed by atoms with Gasteiger partial charge in [-0.1, -0.05) is 13.8 Å². The van der Waals surface area contributed by atoms with Crippen molar-refractivity contribution < 1.29 is 31.8 Å². The summed E-state index contributed by atoms with van der Waals surface area (Å²) >= 11 is 0. The van der Waals surface area contributed by atoms with Crippen LogP contribution in [0.3, 0.4) is 0 Å². The Morgan fingerprint density at radius 2 is 1.68 bits per heavy atom. The molecule has 0 bridgehead atoms. The largest absolute Gasteiger partial charge is 0.497 e. The van der Waals surface area contributed by atoms with Gasteiger partial charge in [-0.2, -0.15) is 14.0 Å². The summed E-state index contributed by atoms with van der Waals surface area (Å²) in [5.74, 6) is -2.49. The molecular weight excluding hydrogens is 528 g/mol. The summed E-state index contributed by atoms with van der Waals surface area (Å²) in [5, 5.41) is 15.5. The fourth-order valence-electron chi connectivity index (χ4n) is 4.40. The van der Waals surface area contributed by atoms with Gasteiger partial charge in [0.15, 0.2) is 0 Å². The van der Waals surface area contributed by atoms with Crippen LogP contribution in [-0.2, 0) is 0 Å². The molecule has 1 heterocycles. The molecule has 4 rings (SSSR count). The van der Waals surface area contributed by atoms with Crippen molar-refractivity contribution in [2.24, 2.45) is 0 Å². The Balaban J connectivity index is 1.77. The average molecular weight is 555 g/mol. The monoisotopic (exact) mass is 554 g/mol. The zero-order valence-electron chi connectivity index (χ0n) is 22.1. The number of hydrogen-bond acceptors (Lipinski definition) is 6. The van der Waals surface area contributed by atoms with Gasteiger partial charge in [0.25, 0.3) is 5.91 Å². The molecule has 0 atom stereocenters. The molecule has 7 nitrogen and oxygen atoms in total. The SMILES string of the molecule is COc1cc(F)c(C2=C(NC(=O)c3ccc(OC(F)F)cc3)CN(c3cc(C#N)cc(C(C)C)c3)N2C)c(F)c1. The predicted molar refractivity (Wildman–Crippen MR) is 141 cm³/mol. The van der Waals surface area contributed by atoms with E-state index in [9.17, 15) is 18.8 Å². The van der Waals surface area contributed by atoms with Crippen LogP contribution in [0.25, 0.3) is 5.70 Å². The third kappa shape index (κ3) is 5.81. The smallest absolute Gasteiger partial charge is 0.387 e. The Kier molecular flexibility index (Phi) is 8.18. The summed E-state index contributed by atoms with van der Waals surface area (Å²) in [6.45, 7) is 0.936. The molecule has 0 spiro atoms. The molecule has 0 aliphatic carbocycles. The number of nitrogens with zero attached hydrogens (tertiary/aromatic N) is 3. The number of hydrogen-bond donors (Lipinski definition) is 1. The summed E-state index contributed by atoms with van der Waals surface area (Å²) in [5.41, 5.74) is 1.82. The lowest BCUT2D eigenvalue weighted by atomic mass is 10.00. The predicted octanol–water partition coefficient (Wildman–Crippen LogP) is 6.04. The molecule has 1 aliphatic rings. The highest BCUT2D eigenvalue weighted by Gasteiger charge is 2.34. The number of amides is 1. The van der Waals surface area contributed by atoms with E-state index in [0.717, 1.165) is 17.7 Å². The molecule has 1 aliphatic heterocycles. The van der Waals surface area contributed by atoms with E-state index in [1.807, 2.05) is 19.9 Å². The van der Waals surface area contributed by atoms with Crippen LogP contribution in [0, 0.1) is 23.0 Å². The van der Waals surface area contributed by atoms with E-state index in [4.69, 9.17) is 4.74 Å². The van der Waals surface area contributed by atoms with Gasteiger partial charge in [-0.05, 0) is 53.9 Å². The third-order valence-corrected chi connectivity index (χ3v) is 6.41. The first-order valence-electron chi connectivity index (χ1n) is 12.2. The highest BCUT2D eigenvalue weighted by molar-refractivity contribution is 5.97. The van der Waals surface area contributed by atoms with Gasteiger partial charge >= 0.3 is 6.61 Å². The Labute approximate surface area is 228 Å². The number of rotatable bonds is 8. The van der Waals surface area contributed by atoms with Gasteiger partial charge in [0.05, 0.1) is 47.9 Å². The standard InChI is InChI=1S/C29H26F4N4O3/c1-16(2)19-9-17(14-34)10-20(11-19)37-15-25(35-28(38)18-5-7-21(8-6-18)40-29(32)33)27(36(37)3)26-23(30)12-22(39-4)13-24(26)31/h5-13,16,29H,15H2,1-4H3,(H,35,38). The van der Waals surface area contributed by atoms with E-state index in [1.165, 1.54) is 36.4 Å². The molecule has 0 saturated heterocycles. The minimum Gasteiger partial charge on any atom is -0.497 e. The number of ether oxygens (including phenoxy) is 2. The van der Waals surface area contributed by atoms with Crippen molar-refractivity contribution in [3.8, 4) is 17.6 Å². The lowest BCUT2D eigenvalue weighted by molar-refractivity contribution is -0.0498. The Morgan fingerprint density at radius 1 is 1.02 bits per heavy atom. The van der Waals surface area contributed by atoms with Crippen molar-refractivity contribution in [3.05, 3.63) is 94.2 Å². The molecule has 0 fully saturated rings. The number of methoxy groups -OCH3 is 1. The third-order valence-electron chi connectivity index (χ3n) is 6.41. The molecule has 1 N–H and O–H groups in total. The first-order chi connectivity index (χ1) is 19.0. The van der Waals surface area contributed by atoms with Gasteiger partial charge in [0.1, 0.15) is 23.1 Å². The van der Waals surface area contributed by atoms with E-state index in [-0.39, 0.29) is 46.5 Å². The minimum atomic E-state index is -3.02. The van der Waals surface area contributed by atoms with Crippen LogP contribution in [0.1, 0.15) is 46.8 Å². The molecule has 0 radical (unpaired) electrons. The molecule has 3 aromatic rings. The van der Waals surface area contributed by atoms with Crippen molar-refractivity contribution >= 4 is 17.3 Å². The fourth-order valence-corrected chi connectivity index (χ4v) is 4.40. The zero-order chi connectivity index (χ0) is 29.1. The Hall–Kier alpha value is -4.72. The van der Waals surface area contributed by atoms with Gasteiger partial charge in [0.2, 0.25) is 0 Å². The summed E-state index contributed by atoms with van der Waals surface area (Å²) in [4.78, 5) is 13.2. The number of benzene rings is 3. The number of alkyl halides is 2. The van der Waals surface area contributed by atoms with Crippen LogP contribution in [-0.4, -0.2) is 38.2 Å². The number of carbonyl (C=O) groups excluding carboxylic acids is 1. The molecule has 0 saturated carbocycles. The molecular formula is C29H26F4N4O3. The molecule has 3 aromatic carbocycles. The molecule has 0 aromatic heterocycles. The highest BCUT2D eigenvalue weighted by Crippen LogP contribution is 2.37. The highest BCUT2D eigenvalue weighted by atomic mass is 19.3. The maximum absolute atomic E-state index is 15.3. The molecule has 40 heavy (non-hydrogen) atoms. The van der Waals surface area contributed by atoms with Crippen LogP contribution in [0.15, 0.2) is 60.3 Å². The maximum atomic E-state index is 15.3. The van der Waals surface area contributed by atoms with Gasteiger partial charge in [-0.25, -0.2) is 8.78 Å². The summed E-state index contributed by atoms with van der Waals surface area (Å²) in [7, 11) is 2.87. The van der Waals surface area contributed by atoms with Gasteiger partial charge < -0.3 is 14.8 Å². The van der Waals surface area contributed by atoms with E-state index in [1.54, 1.807) is 24.2 Å². The Bertz CT molecular complexity index is 1480. The first kappa shape index (κ1) is 28.3. The first-order valence-corrected chi connectivity index (χ1v) is 12.2. The molecule has 11 heteroatoms. The second kappa shape index (κ2) is 11.6. The van der Waals surface area contributed by atoms with Gasteiger partial charge in [0, 0.05) is 24.7 Å². The van der Waals surface area contributed by atoms with Crippen LogP contribution in [0.5, 0.6) is 11.5 Å². The number of halogens is 4. The number of hydrazine groups is 1. The topological polar surface area (TPSA) is 77.8 Å². The number of carbonyl (C=O) groups is 1. The van der Waals surface area contributed by atoms with E-state index >= 15 is 8.78 Å². The average Bonchev–Trinajstić information content (AvgIpc) is 3.23. The second-order valence-corrected chi connectivity index (χ2v) is 9.31. The Morgan fingerprint density at radius 3 is 2.23 bits per heavy atom.